The number of aryl methyl sites for hydroxylation is 2. The Hall–Kier alpha value is -1.00. The van der Waals surface area contributed by atoms with Crippen LogP contribution in [0.1, 0.15) is 25.0 Å². The molecular formula is C17H26N2OS. The van der Waals surface area contributed by atoms with Crippen LogP contribution in [-0.2, 0) is 4.79 Å². The Kier molecular flexibility index (Phi) is 5.71. The standard InChI is InChI=1S/C17H26N2OS/c1-5-18-8-10-19(11-9-18)17(20)15(4)21-16-7-6-13(2)14(3)12-16/h6-7,12,15H,5,8-11H2,1-4H3. The van der Waals surface area contributed by atoms with Crippen LogP contribution in [0.3, 0.4) is 0 Å². The number of carbonyl (C=O) groups excluding carboxylic acids is 1. The highest BCUT2D eigenvalue weighted by atomic mass is 32.2. The molecule has 0 aromatic heterocycles. The molecule has 2 rings (SSSR count). The van der Waals surface area contributed by atoms with Crippen molar-refractivity contribution in [3.05, 3.63) is 29.3 Å². The first-order valence-electron chi connectivity index (χ1n) is 7.76. The van der Waals surface area contributed by atoms with E-state index in [9.17, 15) is 4.79 Å². The summed E-state index contributed by atoms with van der Waals surface area (Å²) in [5.74, 6) is 0.272. The number of piperazine rings is 1. The summed E-state index contributed by atoms with van der Waals surface area (Å²) in [5.41, 5.74) is 2.59. The average Bonchev–Trinajstić information content (AvgIpc) is 2.50. The molecule has 0 saturated carbocycles. The van der Waals surface area contributed by atoms with E-state index >= 15 is 0 Å². The van der Waals surface area contributed by atoms with Crippen LogP contribution in [0.5, 0.6) is 0 Å². The van der Waals surface area contributed by atoms with E-state index in [-0.39, 0.29) is 11.2 Å². The Labute approximate surface area is 132 Å². The molecule has 1 heterocycles. The number of amides is 1. The van der Waals surface area contributed by atoms with Gasteiger partial charge in [0.1, 0.15) is 0 Å². The number of rotatable bonds is 4. The van der Waals surface area contributed by atoms with Gasteiger partial charge in [0.25, 0.3) is 0 Å². The van der Waals surface area contributed by atoms with Crippen LogP contribution in [0.2, 0.25) is 0 Å². The molecule has 0 aliphatic carbocycles. The topological polar surface area (TPSA) is 23.6 Å². The molecule has 1 aliphatic rings. The lowest BCUT2D eigenvalue weighted by atomic mass is 10.1. The predicted molar refractivity (Wildman–Crippen MR) is 89.9 cm³/mol. The zero-order valence-electron chi connectivity index (χ0n) is 13.6. The molecule has 1 saturated heterocycles. The van der Waals surface area contributed by atoms with Crippen LogP contribution in [0.25, 0.3) is 0 Å². The lowest BCUT2D eigenvalue weighted by molar-refractivity contribution is -0.132. The van der Waals surface area contributed by atoms with Crippen LogP contribution in [-0.4, -0.2) is 53.7 Å². The first-order chi connectivity index (χ1) is 10.0. The number of carbonyl (C=O) groups is 1. The Balaban J connectivity index is 1.92. The fourth-order valence-electron chi connectivity index (χ4n) is 2.58. The second-order valence-corrected chi connectivity index (χ2v) is 7.18. The van der Waals surface area contributed by atoms with Crippen LogP contribution in [0.4, 0.5) is 0 Å². The normalized spacial score (nSPS) is 17.8. The average molecular weight is 306 g/mol. The quantitative estimate of drug-likeness (QED) is 0.799. The SMILES string of the molecule is CCN1CCN(C(=O)C(C)Sc2ccc(C)c(C)c2)CC1. The number of thioether (sulfide) groups is 1. The highest BCUT2D eigenvalue weighted by Gasteiger charge is 2.24. The van der Waals surface area contributed by atoms with Gasteiger partial charge in [-0.25, -0.2) is 0 Å². The van der Waals surface area contributed by atoms with E-state index in [0.717, 1.165) is 32.7 Å². The Morgan fingerprint density at radius 1 is 1.19 bits per heavy atom. The number of hydrogen-bond donors (Lipinski definition) is 0. The van der Waals surface area contributed by atoms with E-state index in [0.29, 0.717) is 0 Å². The molecule has 116 valence electrons. The molecule has 1 atom stereocenters. The third kappa shape index (κ3) is 4.24. The predicted octanol–water partition coefficient (Wildman–Crippen LogP) is 2.95. The second kappa shape index (κ2) is 7.32. The summed E-state index contributed by atoms with van der Waals surface area (Å²) in [5, 5.41) is -0.0136. The first kappa shape index (κ1) is 16.4. The van der Waals surface area contributed by atoms with E-state index in [2.05, 4.69) is 43.9 Å². The van der Waals surface area contributed by atoms with Gasteiger partial charge >= 0.3 is 0 Å². The number of nitrogens with zero attached hydrogens (tertiary/aromatic N) is 2. The van der Waals surface area contributed by atoms with Crippen LogP contribution < -0.4 is 0 Å². The van der Waals surface area contributed by atoms with Crippen molar-refractivity contribution >= 4 is 17.7 Å². The van der Waals surface area contributed by atoms with Crippen LogP contribution in [0, 0.1) is 13.8 Å². The van der Waals surface area contributed by atoms with Gasteiger partial charge in [0, 0.05) is 31.1 Å². The van der Waals surface area contributed by atoms with Crippen molar-refractivity contribution in [2.45, 2.75) is 37.8 Å². The van der Waals surface area contributed by atoms with Crippen molar-refractivity contribution in [3.8, 4) is 0 Å². The maximum absolute atomic E-state index is 12.5. The summed E-state index contributed by atoms with van der Waals surface area (Å²) in [4.78, 5) is 18.1. The summed E-state index contributed by atoms with van der Waals surface area (Å²) < 4.78 is 0. The fraction of sp³-hybridized carbons (Fsp3) is 0.588. The molecule has 1 unspecified atom stereocenters. The molecule has 1 aliphatic heterocycles. The van der Waals surface area contributed by atoms with Gasteiger partial charge in [-0.05, 0) is 50.6 Å². The van der Waals surface area contributed by atoms with Gasteiger partial charge in [0.05, 0.1) is 5.25 Å². The van der Waals surface area contributed by atoms with E-state index < -0.39 is 0 Å². The van der Waals surface area contributed by atoms with Gasteiger partial charge in [-0.3, -0.25) is 4.79 Å². The smallest absolute Gasteiger partial charge is 0.235 e. The lowest BCUT2D eigenvalue weighted by Crippen LogP contribution is -2.50. The van der Waals surface area contributed by atoms with Crippen molar-refractivity contribution < 1.29 is 4.79 Å². The second-order valence-electron chi connectivity index (χ2n) is 5.77. The van der Waals surface area contributed by atoms with E-state index in [4.69, 9.17) is 0 Å². The molecule has 0 spiro atoms. The van der Waals surface area contributed by atoms with Crippen LogP contribution >= 0.6 is 11.8 Å². The molecule has 0 bridgehead atoms. The minimum Gasteiger partial charge on any atom is -0.339 e. The summed E-state index contributed by atoms with van der Waals surface area (Å²) in [6.45, 7) is 13.3. The zero-order chi connectivity index (χ0) is 15.4. The summed E-state index contributed by atoms with van der Waals surface area (Å²) in [6, 6.07) is 6.43. The number of benzene rings is 1. The van der Waals surface area contributed by atoms with Gasteiger partial charge in [0.2, 0.25) is 5.91 Å². The maximum atomic E-state index is 12.5. The van der Waals surface area contributed by atoms with Crippen molar-refractivity contribution in [2.75, 3.05) is 32.7 Å². The largest absolute Gasteiger partial charge is 0.339 e. The molecule has 1 aromatic rings. The van der Waals surface area contributed by atoms with Gasteiger partial charge in [-0.15, -0.1) is 11.8 Å². The lowest BCUT2D eigenvalue weighted by Gasteiger charge is -2.35. The van der Waals surface area contributed by atoms with E-state index in [1.54, 1.807) is 11.8 Å². The first-order valence-corrected chi connectivity index (χ1v) is 8.64. The molecule has 0 radical (unpaired) electrons. The molecular weight excluding hydrogens is 280 g/mol. The van der Waals surface area contributed by atoms with Crippen molar-refractivity contribution in [1.29, 1.82) is 0 Å². The monoisotopic (exact) mass is 306 g/mol. The van der Waals surface area contributed by atoms with Gasteiger partial charge in [-0.1, -0.05) is 13.0 Å². The van der Waals surface area contributed by atoms with Crippen molar-refractivity contribution in [2.24, 2.45) is 0 Å². The van der Waals surface area contributed by atoms with Crippen molar-refractivity contribution in [3.63, 3.8) is 0 Å². The maximum Gasteiger partial charge on any atom is 0.235 e. The molecule has 1 aromatic carbocycles. The highest BCUT2D eigenvalue weighted by molar-refractivity contribution is 8.00. The Bertz CT molecular complexity index is 496. The van der Waals surface area contributed by atoms with Gasteiger partial charge < -0.3 is 9.80 Å². The molecule has 0 N–H and O–H groups in total. The van der Waals surface area contributed by atoms with Crippen LogP contribution in [0.15, 0.2) is 23.1 Å². The van der Waals surface area contributed by atoms with Gasteiger partial charge in [0.15, 0.2) is 0 Å². The van der Waals surface area contributed by atoms with Gasteiger partial charge in [-0.2, -0.15) is 0 Å². The number of hydrogen-bond acceptors (Lipinski definition) is 3. The minimum absolute atomic E-state index is 0.0136. The third-order valence-electron chi connectivity index (χ3n) is 4.27. The number of likely N-dealkylation sites (N-methyl/N-ethyl adjacent to an activating group) is 1. The summed E-state index contributed by atoms with van der Waals surface area (Å²) >= 11 is 1.67. The Morgan fingerprint density at radius 3 is 2.43 bits per heavy atom. The third-order valence-corrected chi connectivity index (χ3v) is 5.35. The minimum atomic E-state index is -0.0136. The molecule has 4 heteroatoms. The fourth-order valence-corrected chi connectivity index (χ4v) is 3.63. The zero-order valence-corrected chi connectivity index (χ0v) is 14.4. The van der Waals surface area contributed by atoms with E-state index in [1.165, 1.54) is 16.0 Å². The molecule has 1 amide bonds. The summed E-state index contributed by atoms with van der Waals surface area (Å²) in [6.07, 6.45) is 0. The highest BCUT2D eigenvalue weighted by Crippen LogP contribution is 2.26. The van der Waals surface area contributed by atoms with E-state index in [1.807, 2.05) is 11.8 Å². The Morgan fingerprint density at radius 2 is 1.86 bits per heavy atom. The van der Waals surface area contributed by atoms with Crippen molar-refractivity contribution in [1.82, 2.24) is 9.80 Å². The summed E-state index contributed by atoms with van der Waals surface area (Å²) in [7, 11) is 0. The molecule has 21 heavy (non-hydrogen) atoms. The molecule has 1 fully saturated rings. The molecule has 3 nitrogen and oxygen atoms in total.